The molecule has 1 saturated heterocycles. The van der Waals surface area contributed by atoms with Gasteiger partial charge in [0, 0.05) is 17.8 Å². The fraction of sp³-hybridized carbons (Fsp3) is 0.348. The van der Waals surface area contributed by atoms with Crippen molar-refractivity contribution in [3.63, 3.8) is 0 Å². The number of carbonyl (C=O) groups is 1. The molecule has 0 unspecified atom stereocenters. The lowest BCUT2D eigenvalue weighted by atomic mass is 10.0. The molecule has 0 saturated carbocycles. The summed E-state index contributed by atoms with van der Waals surface area (Å²) >= 11 is 0. The minimum atomic E-state index is -4.31. The molecule has 4 rings (SSSR count). The van der Waals surface area contributed by atoms with E-state index in [0.717, 1.165) is 11.6 Å². The van der Waals surface area contributed by atoms with Crippen LogP contribution in [0.5, 0.6) is 5.75 Å². The summed E-state index contributed by atoms with van der Waals surface area (Å²) in [6, 6.07) is 8.64. The molecule has 0 radical (unpaired) electrons. The maximum atomic E-state index is 14.6. The van der Waals surface area contributed by atoms with Crippen molar-refractivity contribution in [3.8, 4) is 5.75 Å². The van der Waals surface area contributed by atoms with E-state index in [9.17, 15) is 22.0 Å². The van der Waals surface area contributed by atoms with Gasteiger partial charge in [-0.2, -0.15) is 0 Å². The van der Waals surface area contributed by atoms with Gasteiger partial charge in [-0.25, -0.2) is 21.9 Å². The maximum absolute atomic E-state index is 14.6. The molecule has 1 aliphatic heterocycles. The summed E-state index contributed by atoms with van der Waals surface area (Å²) < 4.78 is 66.6. The van der Waals surface area contributed by atoms with Crippen molar-refractivity contribution in [1.82, 2.24) is 4.72 Å². The number of ether oxygens (including phenoxy) is 1. The lowest BCUT2D eigenvalue weighted by molar-refractivity contribution is 0.0956. The highest BCUT2D eigenvalue weighted by Crippen LogP contribution is 2.32. The Labute approximate surface area is 190 Å². The van der Waals surface area contributed by atoms with Crippen molar-refractivity contribution >= 4 is 32.6 Å². The summed E-state index contributed by atoms with van der Waals surface area (Å²) in [5.41, 5.74) is 1.24. The summed E-state index contributed by atoms with van der Waals surface area (Å²) in [6.07, 6.45) is -0.970. The van der Waals surface area contributed by atoms with Gasteiger partial charge in [0.05, 0.1) is 25.1 Å². The van der Waals surface area contributed by atoms with E-state index in [0.29, 0.717) is 5.69 Å². The Bertz CT molecular complexity index is 1310. The third kappa shape index (κ3) is 4.52. The predicted octanol–water partition coefficient (Wildman–Crippen LogP) is 4.37. The predicted molar refractivity (Wildman–Crippen MR) is 120 cm³/mol. The number of fused-ring (bicyclic) bond motifs is 1. The van der Waals surface area contributed by atoms with E-state index < -0.39 is 27.9 Å². The average Bonchev–Trinajstić information content (AvgIpc) is 3.16. The molecule has 2 aromatic carbocycles. The number of hydrogen-bond acceptors (Lipinski definition) is 6. The molecule has 0 aliphatic carbocycles. The number of nitrogens with one attached hydrogen (secondary N) is 1. The summed E-state index contributed by atoms with van der Waals surface area (Å²) in [7, 11) is -4.31. The van der Waals surface area contributed by atoms with Crippen LogP contribution in [-0.4, -0.2) is 40.2 Å². The largest absolute Gasteiger partial charge is 0.492 e. The third-order valence-corrected chi connectivity index (χ3v) is 6.80. The minimum Gasteiger partial charge on any atom is -0.492 e. The lowest BCUT2D eigenvalue weighted by Gasteiger charge is -2.36. The van der Waals surface area contributed by atoms with Gasteiger partial charge in [0.15, 0.2) is 5.76 Å². The first kappa shape index (κ1) is 23.0. The number of alkyl halides is 1. The number of nitrogens with zero attached hydrogens (tertiary/aromatic N) is 1. The van der Waals surface area contributed by atoms with Crippen LogP contribution in [0.25, 0.3) is 11.0 Å². The number of hydrogen-bond donors (Lipinski definition) is 1. The lowest BCUT2D eigenvalue weighted by Crippen LogP contribution is -2.48. The van der Waals surface area contributed by atoms with Crippen LogP contribution in [0.15, 0.2) is 45.7 Å². The Morgan fingerprint density at radius 3 is 2.61 bits per heavy atom. The summed E-state index contributed by atoms with van der Waals surface area (Å²) in [6.45, 7) is 6.08. The normalized spacial score (nSPS) is 14.5. The highest BCUT2D eigenvalue weighted by atomic mass is 32.2. The van der Waals surface area contributed by atoms with Crippen LogP contribution < -0.4 is 14.4 Å². The standard InChI is InChI=1S/C23H24F2N2O5S/c1-4-31-19-6-5-14(13(2)3)7-22(19)33(29,30)26-23(28)21-10-17-18(25)8-16(9-20(17)32-21)27-11-15(24)12-27/h5-10,13,15H,4,11-12H2,1-3H3,(H,26,28). The molecular weight excluding hydrogens is 454 g/mol. The van der Waals surface area contributed by atoms with Crippen LogP contribution >= 0.6 is 0 Å². The molecule has 2 heterocycles. The van der Waals surface area contributed by atoms with Gasteiger partial charge >= 0.3 is 5.91 Å². The Hall–Kier alpha value is -3.14. The van der Waals surface area contributed by atoms with Crippen LogP contribution in [0, 0.1) is 5.82 Å². The first-order valence-corrected chi connectivity index (χ1v) is 12.0. The van der Waals surface area contributed by atoms with Gasteiger partial charge in [0.2, 0.25) is 0 Å². The van der Waals surface area contributed by atoms with E-state index in [1.54, 1.807) is 24.0 Å². The number of furan rings is 1. The first-order valence-electron chi connectivity index (χ1n) is 10.5. The molecule has 10 heteroatoms. The molecule has 0 spiro atoms. The van der Waals surface area contributed by atoms with Gasteiger partial charge in [-0.1, -0.05) is 19.9 Å². The van der Waals surface area contributed by atoms with Crippen molar-refractivity contribution in [2.24, 2.45) is 0 Å². The van der Waals surface area contributed by atoms with Gasteiger partial charge in [0.25, 0.3) is 10.0 Å². The van der Waals surface area contributed by atoms with Crippen molar-refractivity contribution in [3.05, 3.63) is 53.5 Å². The third-order valence-electron chi connectivity index (χ3n) is 5.45. The van der Waals surface area contributed by atoms with E-state index in [1.807, 2.05) is 18.6 Å². The second-order valence-corrected chi connectivity index (χ2v) is 9.83. The summed E-state index contributed by atoms with van der Waals surface area (Å²) in [4.78, 5) is 14.2. The molecule has 1 aliphatic rings. The fourth-order valence-corrected chi connectivity index (χ4v) is 4.75. The minimum absolute atomic E-state index is 0.0235. The molecule has 0 atom stereocenters. The second-order valence-electron chi connectivity index (χ2n) is 8.18. The van der Waals surface area contributed by atoms with E-state index in [2.05, 4.69) is 0 Å². The molecule has 7 nitrogen and oxygen atoms in total. The molecule has 1 aromatic heterocycles. The smallest absolute Gasteiger partial charge is 0.300 e. The fourth-order valence-electron chi connectivity index (χ4n) is 3.61. The van der Waals surface area contributed by atoms with E-state index in [-0.39, 0.29) is 53.0 Å². The molecule has 176 valence electrons. The van der Waals surface area contributed by atoms with Gasteiger partial charge in [-0.3, -0.25) is 4.79 Å². The average molecular weight is 479 g/mol. The summed E-state index contributed by atoms with van der Waals surface area (Å²) in [5.74, 6) is -1.90. The monoisotopic (exact) mass is 478 g/mol. The van der Waals surface area contributed by atoms with Gasteiger partial charge in [0.1, 0.15) is 28.2 Å². The van der Waals surface area contributed by atoms with E-state index in [4.69, 9.17) is 9.15 Å². The Morgan fingerprint density at radius 1 is 1.24 bits per heavy atom. The molecule has 1 amide bonds. The highest BCUT2D eigenvalue weighted by Gasteiger charge is 2.29. The molecule has 0 bridgehead atoms. The van der Waals surface area contributed by atoms with Crippen LogP contribution in [0.1, 0.15) is 42.8 Å². The zero-order valence-corrected chi connectivity index (χ0v) is 19.2. The zero-order chi connectivity index (χ0) is 23.9. The van der Waals surface area contributed by atoms with Crippen molar-refractivity contribution in [1.29, 1.82) is 0 Å². The second kappa shape index (κ2) is 8.66. The number of amides is 1. The number of anilines is 1. The van der Waals surface area contributed by atoms with Crippen LogP contribution in [0.4, 0.5) is 14.5 Å². The molecule has 3 aromatic rings. The SMILES string of the molecule is CCOc1ccc(C(C)C)cc1S(=O)(=O)NC(=O)c1cc2c(F)cc(N3CC(F)C3)cc2o1. The van der Waals surface area contributed by atoms with Crippen molar-refractivity contribution in [2.75, 3.05) is 24.6 Å². The van der Waals surface area contributed by atoms with Crippen LogP contribution in [-0.2, 0) is 10.0 Å². The van der Waals surface area contributed by atoms with E-state index in [1.165, 1.54) is 18.2 Å². The number of halogens is 2. The molecular formula is C23H24F2N2O5S. The number of rotatable bonds is 7. The maximum Gasteiger partial charge on any atom is 0.300 e. The topological polar surface area (TPSA) is 88.8 Å². The van der Waals surface area contributed by atoms with Gasteiger partial charge in [-0.15, -0.1) is 0 Å². The number of carbonyl (C=O) groups excluding carboxylic acids is 1. The van der Waals surface area contributed by atoms with Crippen LogP contribution in [0.2, 0.25) is 0 Å². The zero-order valence-electron chi connectivity index (χ0n) is 18.4. The number of benzene rings is 2. The van der Waals surface area contributed by atoms with Crippen LogP contribution in [0.3, 0.4) is 0 Å². The van der Waals surface area contributed by atoms with Crippen molar-refractivity contribution < 1.29 is 31.1 Å². The molecule has 1 fully saturated rings. The van der Waals surface area contributed by atoms with Gasteiger partial charge in [-0.05, 0) is 36.6 Å². The van der Waals surface area contributed by atoms with E-state index >= 15 is 0 Å². The highest BCUT2D eigenvalue weighted by molar-refractivity contribution is 7.90. The molecule has 33 heavy (non-hydrogen) atoms. The Kier molecular flexibility index (Phi) is 6.04. The summed E-state index contributed by atoms with van der Waals surface area (Å²) in [5, 5.41) is 0.0235. The molecule has 1 N–H and O–H groups in total. The number of sulfonamides is 1. The first-order chi connectivity index (χ1) is 15.6. The van der Waals surface area contributed by atoms with Crippen molar-refractivity contribution in [2.45, 2.75) is 37.8 Å². The Balaban J connectivity index is 1.63. The van der Waals surface area contributed by atoms with Gasteiger partial charge < -0.3 is 14.1 Å². The quantitative estimate of drug-likeness (QED) is 0.543. The Morgan fingerprint density at radius 2 is 1.97 bits per heavy atom.